The Bertz CT molecular complexity index is 469. The molecule has 7 heteroatoms. The summed E-state index contributed by atoms with van der Waals surface area (Å²) in [5, 5.41) is 3.25. The number of hydrogen-bond acceptors (Lipinski definition) is 1. The highest BCUT2D eigenvalue weighted by atomic mass is 35.5. The van der Waals surface area contributed by atoms with Gasteiger partial charge in [-0.25, -0.2) is 0 Å². The van der Waals surface area contributed by atoms with Gasteiger partial charge in [-0.15, -0.1) is 0 Å². The molecule has 0 radical (unpaired) electrons. The summed E-state index contributed by atoms with van der Waals surface area (Å²) >= 11 is 17.6. The quantitative estimate of drug-likeness (QED) is 0.787. The highest BCUT2D eigenvalue weighted by molar-refractivity contribution is 6.44. The monoisotopic (exact) mass is 317 g/mol. The molecule has 0 heterocycles. The molecule has 0 unspecified atom stereocenters. The fourth-order valence-electron chi connectivity index (χ4n) is 1.67. The minimum atomic E-state index is -4.26. The molecule has 1 aliphatic rings. The first kappa shape index (κ1) is 14.3. The van der Waals surface area contributed by atoms with Crippen molar-refractivity contribution < 1.29 is 13.2 Å². The Morgan fingerprint density at radius 2 is 1.67 bits per heavy atom. The van der Waals surface area contributed by atoms with Crippen molar-refractivity contribution in [1.82, 2.24) is 5.32 Å². The number of hydrogen-bond donors (Lipinski definition) is 1. The zero-order valence-electron chi connectivity index (χ0n) is 9.04. The summed E-state index contributed by atoms with van der Waals surface area (Å²) in [6.45, 7) is -0.0578. The summed E-state index contributed by atoms with van der Waals surface area (Å²) in [5.41, 5.74) is -1.40. The second-order valence-electron chi connectivity index (χ2n) is 4.26. The van der Waals surface area contributed by atoms with Gasteiger partial charge in [0.05, 0.1) is 10.0 Å². The van der Waals surface area contributed by atoms with Gasteiger partial charge in [-0.2, -0.15) is 13.2 Å². The van der Waals surface area contributed by atoms with Crippen LogP contribution in [0.2, 0.25) is 15.1 Å². The van der Waals surface area contributed by atoms with Crippen molar-refractivity contribution in [3.8, 4) is 0 Å². The van der Waals surface area contributed by atoms with Gasteiger partial charge in [-0.05, 0) is 25.0 Å². The molecule has 0 aliphatic heterocycles. The largest absolute Gasteiger partial charge is 0.406 e. The molecule has 100 valence electrons. The minimum absolute atomic E-state index is 0.0578. The second-order valence-corrected chi connectivity index (χ2v) is 5.45. The maximum Gasteiger partial charge on any atom is 0.406 e. The van der Waals surface area contributed by atoms with Crippen molar-refractivity contribution in [3.05, 3.63) is 32.8 Å². The zero-order chi connectivity index (χ0) is 13.6. The van der Waals surface area contributed by atoms with Crippen LogP contribution in [0.25, 0.3) is 0 Å². The van der Waals surface area contributed by atoms with Gasteiger partial charge >= 0.3 is 6.18 Å². The minimum Gasteiger partial charge on any atom is -0.299 e. The van der Waals surface area contributed by atoms with E-state index in [1.54, 1.807) is 0 Å². The lowest BCUT2D eigenvalue weighted by atomic mass is 10.2. The lowest BCUT2D eigenvalue weighted by Crippen LogP contribution is -2.44. The number of benzene rings is 1. The molecular formula is C11H9Cl3F3N. The maximum absolute atomic E-state index is 12.7. The van der Waals surface area contributed by atoms with E-state index in [2.05, 4.69) is 5.32 Å². The van der Waals surface area contributed by atoms with Crippen LogP contribution in [-0.2, 0) is 6.54 Å². The third-order valence-corrected chi connectivity index (χ3v) is 4.23. The normalized spacial score (nSPS) is 17.9. The van der Waals surface area contributed by atoms with Crippen molar-refractivity contribution in [1.29, 1.82) is 0 Å². The van der Waals surface area contributed by atoms with Gasteiger partial charge in [-0.1, -0.05) is 34.8 Å². The van der Waals surface area contributed by atoms with E-state index in [-0.39, 0.29) is 29.4 Å². The molecule has 0 spiro atoms. The van der Waals surface area contributed by atoms with E-state index in [1.807, 2.05) is 0 Å². The Kier molecular flexibility index (Phi) is 3.76. The van der Waals surface area contributed by atoms with Crippen molar-refractivity contribution in [2.45, 2.75) is 31.1 Å². The van der Waals surface area contributed by atoms with Crippen LogP contribution in [0.15, 0.2) is 12.1 Å². The molecule has 1 aromatic rings. The van der Waals surface area contributed by atoms with Crippen molar-refractivity contribution in [3.63, 3.8) is 0 Å². The van der Waals surface area contributed by atoms with Crippen LogP contribution < -0.4 is 5.32 Å². The third kappa shape index (κ3) is 2.57. The Hall–Kier alpha value is -0.160. The van der Waals surface area contributed by atoms with Gasteiger partial charge in [-0.3, -0.25) is 5.32 Å². The van der Waals surface area contributed by atoms with E-state index in [4.69, 9.17) is 34.8 Å². The Morgan fingerprint density at radius 3 is 2.17 bits per heavy atom. The molecule has 1 saturated carbocycles. The summed E-state index contributed by atoms with van der Waals surface area (Å²) in [6, 6.07) is 3.02. The van der Waals surface area contributed by atoms with Gasteiger partial charge in [0.25, 0.3) is 0 Å². The van der Waals surface area contributed by atoms with Gasteiger partial charge in [0.15, 0.2) is 0 Å². The van der Waals surface area contributed by atoms with Crippen molar-refractivity contribution >= 4 is 34.8 Å². The molecule has 0 amide bonds. The second kappa shape index (κ2) is 4.75. The molecule has 1 aliphatic carbocycles. The van der Waals surface area contributed by atoms with Crippen LogP contribution in [0.3, 0.4) is 0 Å². The van der Waals surface area contributed by atoms with E-state index in [0.29, 0.717) is 10.6 Å². The molecule has 2 rings (SSSR count). The van der Waals surface area contributed by atoms with Crippen LogP contribution in [0, 0.1) is 0 Å². The molecule has 0 atom stereocenters. The summed E-state index contributed by atoms with van der Waals surface area (Å²) < 4.78 is 38.2. The Morgan fingerprint density at radius 1 is 1.11 bits per heavy atom. The lowest BCUT2D eigenvalue weighted by molar-refractivity contribution is -0.166. The topological polar surface area (TPSA) is 12.0 Å². The van der Waals surface area contributed by atoms with E-state index < -0.39 is 11.7 Å². The van der Waals surface area contributed by atoms with Crippen LogP contribution in [0.1, 0.15) is 18.4 Å². The van der Waals surface area contributed by atoms with E-state index >= 15 is 0 Å². The van der Waals surface area contributed by atoms with E-state index in [9.17, 15) is 13.2 Å². The number of halogens is 6. The van der Waals surface area contributed by atoms with E-state index in [0.717, 1.165) is 0 Å². The molecule has 0 saturated heterocycles. The van der Waals surface area contributed by atoms with Crippen molar-refractivity contribution in [2.24, 2.45) is 0 Å². The summed E-state index contributed by atoms with van der Waals surface area (Å²) in [5.74, 6) is 0. The first-order valence-corrected chi connectivity index (χ1v) is 6.34. The average Bonchev–Trinajstić information content (AvgIpc) is 3.04. The molecule has 18 heavy (non-hydrogen) atoms. The van der Waals surface area contributed by atoms with Crippen molar-refractivity contribution in [2.75, 3.05) is 0 Å². The van der Waals surface area contributed by atoms with Crippen LogP contribution in [0.5, 0.6) is 0 Å². The molecule has 1 N–H and O–H groups in total. The zero-order valence-corrected chi connectivity index (χ0v) is 11.3. The lowest BCUT2D eigenvalue weighted by Gasteiger charge is -2.21. The summed E-state index contributed by atoms with van der Waals surface area (Å²) in [7, 11) is 0. The van der Waals surface area contributed by atoms with E-state index in [1.165, 1.54) is 12.1 Å². The van der Waals surface area contributed by atoms with Gasteiger partial charge in [0.2, 0.25) is 0 Å². The molecule has 0 aromatic heterocycles. The third-order valence-electron chi connectivity index (χ3n) is 3.04. The molecular weight excluding hydrogens is 309 g/mol. The summed E-state index contributed by atoms with van der Waals surface area (Å²) in [6.07, 6.45) is -4.11. The number of alkyl halides is 3. The molecule has 1 fully saturated rings. The van der Waals surface area contributed by atoms with Gasteiger partial charge in [0.1, 0.15) is 5.54 Å². The Labute approximate surface area is 117 Å². The first-order chi connectivity index (χ1) is 8.27. The highest BCUT2D eigenvalue weighted by Crippen LogP contribution is 2.49. The number of nitrogens with one attached hydrogen (secondary N) is 1. The predicted octanol–water partition coefficient (Wildman–Crippen LogP) is 4.83. The average molecular weight is 319 g/mol. The fourth-order valence-corrected chi connectivity index (χ4v) is 2.36. The highest BCUT2D eigenvalue weighted by Gasteiger charge is 2.62. The Balaban J connectivity index is 2.15. The van der Waals surface area contributed by atoms with Crippen LogP contribution in [0.4, 0.5) is 13.2 Å². The SMILES string of the molecule is FC(F)(F)C1(NCc2c(Cl)ccc(Cl)c2Cl)CC1. The van der Waals surface area contributed by atoms with Gasteiger partial charge < -0.3 is 0 Å². The number of rotatable bonds is 3. The first-order valence-electron chi connectivity index (χ1n) is 5.21. The van der Waals surface area contributed by atoms with Crippen LogP contribution >= 0.6 is 34.8 Å². The smallest absolute Gasteiger partial charge is 0.299 e. The maximum atomic E-state index is 12.7. The fraction of sp³-hybridized carbons (Fsp3) is 0.455. The summed E-state index contributed by atoms with van der Waals surface area (Å²) in [4.78, 5) is 0. The predicted molar refractivity (Wildman–Crippen MR) is 66.3 cm³/mol. The molecule has 1 nitrogen and oxygen atoms in total. The molecule has 0 bridgehead atoms. The molecule has 1 aromatic carbocycles. The van der Waals surface area contributed by atoms with Crippen LogP contribution in [-0.4, -0.2) is 11.7 Å². The van der Waals surface area contributed by atoms with Gasteiger partial charge in [0, 0.05) is 17.1 Å². The standard InChI is InChI=1S/C11H9Cl3F3N/c12-7-1-2-8(13)9(14)6(7)5-18-10(3-4-10)11(15,16)17/h1-2,18H,3-5H2.